The third-order valence-corrected chi connectivity index (χ3v) is 3.44. The van der Waals surface area contributed by atoms with Gasteiger partial charge in [-0.2, -0.15) is 23.4 Å². The van der Waals surface area contributed by atoms with Crippen LogP contribution in [-0.2, 0) is 4.79 Å². The summed E-state index contributed by atoms with van der Waals surface area (Å²) in [6.07, 6.45) is -0.578. The number of carbonyl (C=O) groups is 1. The number of benzene rings is 1. The minimum absolute atomic E-state index is 0.0685. The molecule has 0 unspecified atom stereocenters. The molecule has 1 aliphatic heterocycles. The maximum atomic E-state index is 13.1. The predicted molar refractivity (Wildman–Crippen MR) is 82.4 cm³/mol. The molecule has 0 N–H and O–H groups in total. The second-order valence-electron chi connectivity index (χ2n) is 5.08. The SMILES string of the molecule is CCN1N=C(C(F)(F)F)/C(=C/c2cnn(-c3ccccc3)c2)C1=O. The molecule has 0 saturated heterocycles. The molecule has 2 heterocycles. The van der Waals surface area contributed by atoms with E-state index in [2.05, 4.69) is 10.2 Å². The van der Waals surface area contributed by atoms with E-state index in [9.17, 15) is 18.0 Å². The second-order valence-corrected chi connectivity index (χ2v) is 5.08. The van der Waals surface area contributed by atoms with Crippen LogP contribution >= 0.6 is 0 Å². The standard InChI is InChI=1S/C16H13F3N4O/c1-2-22-15(24)13(14(21-22)16(17,18)19)8-11-9-20-23(10-11)12-6-4-3-5-7-12/h3-10H,2H2,1H3/b13-8-. The number of alkyl halides is 3. The lowest BCUT2D eigenvalue weighted by Crippen LogP contribution is -2.25. The molecular formula is C16H13F3N4O. The zero-order chi connectivity index (χ0) is 17.3. The van der Waals surface area contributed by atoms with E-state index >= 15 is 0 Å². The second kappa shape index (κ2) is 5.95. The van der Waals surface area contributed by atoms with Crippen LogP contribution in [0.25, 0.3) is 11.8 Å². The number of halogens is 3. The number of para-hydroxylation sites is 1. The molecule has 24 heavy (non-hydrogen) atoms. The van der Waals surface area contributed by atoms with Crippen molar-refractivity contribution >= 4 is 17.7 Å². The Morgan fingerprint density at radius 1 is 1.21 bits per heavy atom. The van der Waals surface area contributed by atoms with E-state index in [0.29, 0.717) is 5.56 Å². The number of carbonyl (C=O) groups excluding carboxylic acids is 1. The fraction of sp³-hybridized carbons (Fsp3) is 0.188. The number of hydrogen-bond donors (Lipinski definition) is 0. The summed E-state index contributed by atoms with van der Waals surface area (Å²) < 4.78 is 40.8. The Morgan fingerprint density at radius 3 is 2.54 bits per heavy atom. The average molecular weight is 334 g/mol. The molecule has 5 nitrogen and oxygen atoms in total. The molecule has 0 spiro atoms. The highest BCUT2D eigenvalue weighted by Gasteiger charge is 2.46. The Labute approximate surface area is 135 Å². The van der Waals surface area contributed by atoms with E-state index in [0.717, 1.165) is 16.8 Å². The van der Waals surface area contributed by atoms with Crippen LogP contribution in [0, 0.1) is 0 Å². The molecular weight excluding hydrogens is 321 g/mol. The third kappa shape index (κ3) is 2.94. The van der Waals surface area contributed by atoms with Gasteiger partial charge in [-0.25, -0.2) is 9.69 Å². The summed E-state index contributed by atoms with van der Waals surface area (Å²) in [6, 6.07) is 9.11. The van der Waals surface area contributed by atoms with Crippen LogP contribution in [0.15, 0.2) is 53.4 Å². The highest BCUT2D eigenvalue weighted by Crippen LogP contribution is 2.29. The van der Waals surface area contributed by atoms with Gasteiger partial charge in [0.15, 0.2) is 5.71 Å². The Kier molecular flexibility index (Phi) is 3.96. The van der Waals surface area contributed by atoms with Gasteiger partial charge in [0.05, 0.1) is 17.5 Å². The van der Waals surface area contributed by atoms with Gasteiger partial charge >= 0.3 is 6.18 Å². The molecule has 1 aliphatic rings. The van der Waals surface area contributed by atoms with Crippen molar-refractivity contribution in [1.29, 1.82) is 0 Å². The average Bonchev–Trinajstić information content (AvgIpc) is 3.14. The van der Waals surface area contributed by atoms with Crippen LogP contribution in [0.5, 0.6) is 0 Å². The first kappa shape index (κ1) is 16.0. The van der Waals surface area contributed by atoms with E-state index in [1.165, 1.54) is 10.9 Å². The number of hydrogen-bond acceptors (Lipinski definition) is 3. The Balaban J connectivity index is 1.97. The number of hydrazone groups is 1. The van der Waals surface area contributed by atoms with E-state index in [-0.39, 0.29) is 6.54 Å². The lowest BCUT2D eigenvalue weighted by molar-refractivity contribution is -0.125. The molecule has 0 aliphatic carbocycles. The molecule has 2 aromatic rings. The molecule has 1 aromatic carbocycles. The molecule has 0 fully saturated rings. The van der Waals surface area contributed by atoms with Crippen molar-refractivity contribution in [3.63, 3.8) is 0 Å². The Bertz CT molecular complexity index is 821. The summed E-state index contributed by atoms with van der Waals surface area (Å²) in [4.78, 5) is 12.1. The number of aromatic nitrogens is 2. The molecule has 3 rings (SSSR count). The fourth-order valence-electron chi connectivity index (χ4n) is 2.31. The molecule has 8 heteroatoms. The smallest absolute Gasteiger partial charge is 0.267 e. The molecule has 0 bridgehead atoms. The maximum absolute atomic E-state index is 13.1. The molecule has 0 radical (unpaired) electrons. The number of likely N-dealkylation sites (N-methyl/N-ethyl adjacent to an activating group) is 1. The van der Waals surface area contributed by atoms with Gasteiger partial charge in [0.2, 0.25) is 0 Å². The summed E-state index contributed by atoms with van der Waals surface area (Å²) in [5.74, 6) is -0.766. The first-order chi connectivity index (χ1) is 11.4. The first-order valence-electron chi connectivity index (χ1n) is 7.20. The number of nitrogens with zero attached hydrogens (tertiary/aromatic N) is 4. The quantitative estimate of drug-likeness (QED) is 0.810. The zero-order valence-corrected chi connectivity index (χ0v) is 12.7. The van der Waals surface area contributed by atoms with Crippen molar-refractivity contribution in [2.24, 2.45) is 5.10 Å². The summed E-state index contributed by atoms with van der Waals surface area (Å²) in [7, 11) is 0. The van der Waals surface area contributed by atoms with Crippen molar-refractivity contribution in [2.75, 3.05) is 6.54 Å². The third-order valence-electron chi connectivity index (χ3n) is 3.44. The lowest BCUT2D eigenvalue weighted by atomic mass is 10.1. The highest BCUT2D eigenvalue weighted by molar-refractivity contribution is 6.29. The van der Waals surface area contributed by atoms with Gasteiger partial charge in [-0.1, -0.05) is 18.2 Å². The topological polar surface area (TPSA) is 50.5 Å². The van der Waals surface area contributed by atoms with Gasteiger partial charge in [-0.15, -0.1) is 0 Å². The predicted octanol–water partition coefficient (Wildman–Crippen LogP) is 3.04. The monoisotopic (exact) mass is 334 g/mol. The van der Waals surface area contributed by atoms with E-state index in [1.807, 2.05) is 30.3 Å². The van der Waals surface area contributed by atoms with Gasteiger partial charge < -0.3 is 0 Å². The summed E-state index contributed by atoms with van der Waals surface area (Å²) in [5.41, 5.74) is -0.504. The summed E-state index contributed by atoms with van der Waals surface area (Å²) >= 11 is 0. The molecule has 1 amide bonds. The largest absolute Gasteiger partial charge is 0.435 e. The summed E-state index contributed by atoms with van der Waals surface area (Å²) in [6.45, 7) is 1.63. The van der Waals surface area contributed by atoms with Crippen LogP contribution in [0.2, 0.25) is 0 Å². The van der Waals surface area contributed by atoms with Crippen molar-refractivity contribution in [2.45, 2.75) is 13.1 Å². The van der Waals surface area contributed by atoms with Crippen molar-refractivity contribution in [3.05, 3.63) is 53.9 Å². The van der Waals surface area contributed by atoms with Gasteiger partial charge in [0.25, 0.3) is 5.91 Å². The normalized spacial score (nSPS) is 16.8. The van der Waals surface area contributed by atoms with Gasteiger partial charge in [0, 0.05) is 18.3 Å². The highest BCUT2D eigenvalue weighted by atomic mass is 19.4. The van der Waals surface area contributed by atoms with E-state index in [4.69, 9.17) is 0 Å². The number of amides is 1. The van der Waals surface area contributed by atoms with E-state index in [1.54, 1.807) is 13.1 Å². The van der Waals surface area contributed by atoms with Crippen molar-refractivity contribution in [1.82, 2.24) is 14.8 Å². The molecule has 0 atom stereocenters. The Morgan fingerprint density at radius 2 is 1.92 bits per heavy atom. The Hall–Kier alpha value is -2.90. The molecule has 1 aromatic heterocycles. The van der Waals surface area contributed by atoms with Crippen LogP contribution in [0.1, 0.15) is 12.5 Å². The van der Waals surface area contributed by atoms with Crippen molar-refractivity contribution < 1.29 is 18.0 Å². The van der Waals surface area contributed by atoms with Crippen LogP contribution in [0.3, 0.4) is 0 Å². The maximum Gasteiger partial charge on any atom is 0.435 e. The van der Waals surface area contributed by atoms with Crippen molar-refractivity contribution in [3.8, 4) is 5.69 Å². The van der Waals surface area contributed by atoms with Gasteiger partial charge in [0.1, 0.15) is 0 Å². The summed E-state index contributed by atoms with van der Waals surface area (Å²) in [5, 5.41) is 8.29. The van der Waals surface area contributed by atoms with Gasteiger partial charge in [-0.05, 0) is 25.1 Å². The zero-order valence-electron chi connectivity index (χ0n) is 12.7. The minimum atomic E-state index is -4.69. The van der Waals surface area contributed by atoms with Gasteiger partial charge in [-0.3, -0.25) is 4.79 Å². The fourth-order valence-corrected chi connectivity index (χ4v) is 2.31. The molecule has 124 valence electrons. The molecule has 0 saturated carbocycles. The minimum Gasteiger partial charge on any atom is -0.267 e. The first-order valence-corrected chi connectivity index (χ1v) is 7.20. The van der Waals surface area contributed by atoms with Crippen LogP contribution in [-0.4, -0.2) is 39.1 Å². The number of rotatable bonds is 3. The van der Waals surface area contributed by atoms with E-state index < -0.39 is 23.4 Å². The van der Waals surface area contributed by atoms with Crippen LogP contribution < -0.4 is 0 Å². The van der Waals surface area contributed by atoms with Crippen LogP contribution in [0.4, 0.5) is 13.2 Å². The lowest BCUT2D eigenvalue weighted by Gasteiger charge is -2.06.